The highest BCUT2D eigenvalue weighted by Gasteiger charge is 2.16. The number of amides is 2. The molecule has 0 aromatic heterocycles. The van der Waals surface area contributed by atoms with Crippen LogP contribution in [0.3, 0.4) is 0 Å². The fourth-order valence-corrected chi connectivity index (χ4v) is 1.37. The van der Waals surface area contributed by atoms with Gasteiger partial charge in [-0.15, -0.1) is 0 Å². The highest BCUT2D eigenvalue weighted by atomic mass is 16.5. The second-order valence-electron chi connectivity index (χ2n) is 4.01. The summed E-state index contributed by atoms with van der Waals surface area (Å²) in [5.41, 5.74) is 1.03. The van der Waals surface area contributed by atoms with Crippen molar-refractivity contribution < 1.29 is 24.2 Å². The number of Topliss-reactive ketones (excluding diaryl/α,β-unsaturated/α-hetero) is 1. The van der Waals surface area contributed by atoms with E-state index in [0.29, 0.717) is 11.3 Å². The molecule has 1 atom stereocenters. The topological polar surface area (TPSA) is 105 Å². The third-order valence-corrected chi connectivity index (χ3v) is 2.48. The molecule has 0 heterocycles. The summed E-state index contributed by atoms with van der Waals surface area (Å²) in [6.07, 6.45) is -1.41. The number of anilines is 1. The molecule has 0 spiro atoms. The Morgan fingerprint density at radius 2 is 1.85 bits per heavy atom. The molecule has 3 N–H and O–H groups in total. The molecule has 0 radical (unpaired) electrons. The lowest BCUT2D eigenvalue weighted by Gasteiger charge is -2.11. The molecule has 0 aliphatic heterocycles. The number of ketones is 1. The molecule has 108 valence electrons. The lowest BCUT2D eigenvalue weighted by atomic mass is 10.1. The fourth-order valence-electron chi connectivity index (χ4n) is 1.37. The number of rotatable bonds is 5. The van der Waals surface area contributed by atoms with Gasteiger partial charge in [0.2, 0.25) is 0 Å². The number of hydrogen-bond donors (Lipinski definition) is 3. The van der Waals surface area contributed by atoms with Crippen molar-refractivity contribution in [3.63, 3.8) is 0 Å². The molecule has 1 aromatic rings. The third kappa shape index (κ3) is 4.69. The number of carbonyl (C=O) groups is 3. The number of urea groups is 1. The van der Waals surface area contributed by atoms with E-state index in [0.717, 1.165) is 7.11 Å². The summed E-state index contributed by atoms with van der Waals surface area (Å²) in [7, 11) is 1.14. The quantitative estimate of drug-likeness (QED) is 0.539. The predicted molar refractivity (Wildman–Crippen MR) is 71.5 cm³/mol. The van der Waals surface area contributed by atoms with Gasteiger partial charge in [-0.25, -0.2) is 9.59 Å². The van der Waals surface area contributed by atoms with Crippen LogP contribution in [0.4, 0.5) is 10.5 Å². The van der Waals surface area contributed by atoms with E-state index < -0.39 is 18.1 Å². The number of benzene rings is 1. The Kier molecular flexibility index (Phi) is 5.67. The van der Waals surface area contributed by atoms with Crippen molar-refractivity contribution in [1.29, 1.82) is 0 Å². The summed E-state index contributed by atoms with van der Waals surface area (Å²) in [6.45, 7) is 1.19. The Morgan fingerprint density at radius 1 is 1.25 bits per heavy atom. The summed E-state index contributed by atoms with van der Waals surface area (Å²) in [5, 5.41) is 14.1. The van der Waals surface area contributed by atoms with E-state index in [1.165, 1.54) is 6.92 Å². The third-order valence-electron chi connectivity index (χ3n) is 2.48. The van der Waals surface area contributed by atoms with E-state index in [1.54, 1.807) is 24.3 Å². The molecular formula is C13H16N2O5. The lowest BCUT2D eigenvalue weighted by Crippen LogP contribution is -2.39. The highest BCUT2D eigenvalue weighted by Crippen LogP contribution is 2.09. The van der Waals surface area contributed by atoms with Gasteiger partial charge in [-0.3, -0.25) is 4.79 Å². The molecule has 20 heavy (non-hydrogen) atoms. The summed E-state index contributed by atoms with van der Waals surface area (Å²) < 4.78 is 4.31. The molecule has 0 saturated heterocycles. The molecule has 0 bridgehead atoms. The summed E-state index contributed by atoms with van der Waals surface area (Å²) >= 11 is 0. The van der Waals surface area contributed by atoms with Crippen LogP contribution in [0.25, 0.3) is 0 Å². The largest absolute Gasteiger partial charge is 0.467 e. The van der Waals surface area contributed by atoms with Crippen LogP contribution in [0, 0.1) is 0 Å². The minimum absolute atomic E-state index is 0.0674. The normalized spacial score (nSPS) is 11.3. The maximum Gasteiger partial charge on any atom is 0.336 e. The van der Waals surface area contributed by atoms with Crippen LogP contribution in [0.15, 0.2) is 24.3 Å². The molecule has 2 amide bonds. The Balaban J connectivity index is 2.46. The van der Waals surface area contributed by atoms with Crippen LogP contribution in [-0.4, -0.2) is 42.6 Å². The van der Waals surface area contributed by atoms with E-state index >= 15 is 0 Å². The first-order chi connectivity index (χ1) is 9.43. The number of aliphatic hydroxyl groups excluding tert-OH is 1. The van der Waals surface area contributed by atoms with Crippen molar-refractivity contribution in [2.45, 2.75) is 13.0 Å². The van der Waals surface area contributed by atoms with Crippen molar-refractivity contribution in [2.75, 3.05) is 19.0 Å². The Bertz CT molecular complexity index is 498. The van der Waals surface area contributed by atoms with E-state index in [2.05, 4.69) is 15.4 Å². The van der Waals surface area contributed by atoms with Crippen LogP contribution < -0.4 is 10.6 Å². The maximum absolute atomic E-state index is 11.5. The van der Waals surface area contributed by atoms with Crippen molar-refractivity contribution in [3.8, 4) is 0 Å². The van der Waals surface area contributed by atoms with Gasteiger partial charge < -0.3 is 20.5 Å². The van der Waals surface area contributed by atoms with Crippen molar-refractivity contribution in [1.82, 2.24) is 5.32 Å². The van der Waals surface area contributed by atoms with E-state index in [9.17, 15) is 19.5 Å². The number of carbonyl (C=O) groups excluding carboxylic acids is 3. The van der Waals surface area contributed by atoms with Gasteiger partial charge in [-0.1, -0.05) is 0 Å². The number of hydrogen-bond acceptors (Lipinski definition) is 5. The summed E-state index contributed by atoms with van der Waals surface area (Å²) in [4.78, 5) is 33.5. The fraction of sp³-hybridized carbons (Fsp3) is 0.308. The SMILES string of the molecule is COC(=O)C(O)CNC(=O)Nc1ccc(C(C)=O)cc1. The smallest absolute Gasteiger partial charge is 0.336 e. The summed E-state index contributed by atoms with van der Waals surface area (Å²) in [6, 6.07) is 5.74. The number of esters is 1. The van der Waals surface area contributed by atoms with Crippen molar-refractivity contribution in [2.24, 2.45) is 0 Å². The molecule has 7 nitrogen and oxygen atoms in total. The monoisotopic (exact) mass is 280 g/mol. The van der Waals surface area contributed by atoms with Gasteiger partial charge >= 0.3 is 12.0 Å². The second kappa shape index (κ2) is 7.25. The second-order valence-corrected chi connectivity index (χ2v) is 4.01. The highest BCUT2D eigenvalue weighted by molar-refractivity contribution is 5.95. The van der Waals surface area contributed by atoms with Crippen LogP contribution in [0.5, 0.6) is 0 Å². The van der Waals surface area contributed by atoms with Crippen LogP contribution in [-0.2, 0) is 9.53 Å². The minimum atomic E-state index is -1.41. The zero-order valence-electron chi connectivity index (χ0n) is 11.2. The van der Waals surface area contributed by atoms with Gasteiger partial charge in [0.05, 0.1) is 13.7 Å². The number of nitrogens with one attached hydrogen (secondary N) is 2. The predicted octanol–water partition coefficient (Wildman–Crippen LogP) is 0.545. The Morgan fingerprint density at radius 3 is 2.35 bits per heavy atom. The molecule has 0 aliphatic rings. The molecule has 1 aromatic carbocycles. The molecule has 0 aliphatic carbocycles. The van der Waals surface area contributed by atoms with Gasteiger partial charge in [0.1, 0.15) is 0 Å². The average Bonchev–Trinajstić information content (AvgIpc) is 2.44. The molecule has 0 fully saturated rings. The first kappa shape index (κ1) is 15.6. The van der Waals surface area contributed by atoms with Gasteiger partial charge in [-0.05, 0) is 31.2 Å². The standard InChI is InChI=1S/C13H16N2O5/c1-8(16)9-3-5-10(6-4-9)15-13(19)14-7-11(17)12(18)20-2/h3-6,11,17H,7H2,1-2H3,(H2,14,15,19). The summed E-state index contributed by atoms with van der Waals surface area (Å²) in [5.74, 6) is -0.890. The van der Waals surface area contributed by atoms with E-state index in [1.807, 2.05) is 0 Å². The van der Waals surface area contributed by atoms with Gasteiger partial charge in [0.25, 0.3) is 0 Å². The van der Waals surface area contributed by atoms with E-state index in [4.69, 9.17) is 0 Å². The first-order valence-corrected chi connectivity index (χ1v) is 5.85. The zero-order chi connectivity index (χ0) is 15.1. The van der Waals surface area contributed by atoms with E-state index in [-0.39, 0.29) is 12.3 Å². The number of ether oxygens (including phenoxy) is 1. The molecule has 0 saturated carbocycles. The molecule has 7 heteroatoms. The van der Waals surface area contributed by atoms with Gasteiger partial charge in [0.15, 0.2) is 11.9 Å². The minimum Gasteiger partial charge on any atom is -0.467 e. The number of aliphatic hydroxyl groups is 1. The van der Waals surface area contributed by atoms with Crippen LogP contribution in [0.1, 0.15) is 17.3 Å². The Hall–Kier alpha value is -2.41. The molecular weight excluding hydrogens is 264 g/mol. The van der Waals surface area contributed by atoms with Crippen molar-refractivity contribution >= 4 is 23.5 Å². The molecule has 1 rings (SSSR count). The molecule has 1 unspecified atom stereocenters. The number of methoxy groups -OCH3 is 1. The average molecular weight is 280 g/mol. The Labute approximate surface area is 115 Å². The van der Waals surface area contributed by atoms with Crippen molar-refractivity contribution in [3.05, 3.63) is 29.8 Å². The van der Waals surface area contributed by atoms with Crippen LogP contribution >= 0.6 is 0 Å². The zero-order valence-corrected chi connectivity index (χ0v) is 11.2. The van der Waals surface area contributed by atoms with Gasteiger partial charge in [-0.2, -0.15) is 0 Å². The van der Waals surface area contributed by atoms with Crippen LogP contribution in [0.2, 0.25) is 0 Å². The lowest BCUT2D eigenvalue weighted by molar-refractivity contribution is -0.149. The van der Waals surface area contributed by atoms with Gasteiger partial charge in [0, 0.05) is 11.3 Å². The first-order valence-electron chi connectivity index (χ1n) is 5.85. The maximum atomic E-state index is 11.5.